The van der Waals surface area contributed by atoms with Crippen LogP contribution in [0.25, 0.3) is 0 Å². The van der Waals surface area contributed by atoms with E-state index in [0.29, 0.717) is 11.5 Å². The molecule has 0 unspecified atom stereocenters. The van der Waals surface area contributed by atoms with Gasteiger partial charge in [-0.3, -0.25) is 9.69 Å². The highest BCUT2D eigenvalue weighted by Gasteiger charge is 2.07. The number of anilines is 1. The maximum atomic E-state index is 11.9. The molecule has 0 aliphatic carbocycles. The van der Waals surface area contributed by atoms with Crippen molar-refractivity contribution in [3.8, 4) is 0 Å². The second-order valence-corrected chi connectivity index (χ2v) is 5.47. The van der Waals surface area contributed by atoms with E-state index in [0.717, 1.165) is 24.3 Å². The molecule has 20 heavy (non-hydrogen) atoms. The van der Waals surface area contributed by atoms with Crippen LogP contribution in [-0.4, -0.2) is 61.5 Å². The molecule has 6 heteroatoms. The van der Waals surface area contributed by atoms with Gasteiger partial charge in [0.1, 0.15) is 4.99 Å². The van der Waals surface area contributed by atoms with Crippen molar-refractivity contribution in [3.63, 3.8) is 0 Å². The van der Waals surface area contributed by atoms with Gasteiger partial charge in [-0.1, -0.05) is 12.2 Å². The average Bonchev–Trinajstić information content (AvgIpc) is 2.36. The molecule has 5 nitrogen and oxygen atoms in total. The maximum absolute atomic E-state index is 11.9. The Bertz CT molecular complexity index is 459. The topological polar surface area (TPSA) is 61.6 Å². The first-order valence-corrected chi connectivity index (χ1v) is 6.82. The Labute approximate surface area is 125 Å². The molecule has 0 aromatic heterocycles. The molecule has 1 aromatic rings. The Hall–Kier alpha value is -1.50. The van der Waals surface area contributed by atoms with Crippen molar-refractivity contribution in [2.75, 3.05) is 46.1 Å². The van der Waals surface area contributed by atoms with Gasteiger partial charge in [0.2, 0.25) is 5.91 Å². The number of carbonyl (C=O) groups is 1. The van der Waals surface area contributed by atoms with Crippen molar-refractivity contribution in [2.24, 2.45) is 5.73 Å². The fraction of sp³-hybridized carbons (Fsp3) is 0.429. The molecule has 0 radical (unpaired) electrons. The molecule has 0 aliphatic heterocycles. The highest BCUT2D eigenvalue weighted by molar-refractivity contribution is 7.80. The summed E-state index contributed by atoms with van der Waals surface area (Å²) >= 11 is 4.88. The molecule has 0 atom stereocenters. The van der Waals surface area contributed by atoms with Gasteiger partial charge in [-0.15, -0.1) is 0 Å². The third-order valence-electron chi connectivity index (χ3n) is 2.80. The molecule has 1 aromatic carbocycles. The van der Waals surface area contributed by atoms with Crippen molar-refractivity contribution >= 4 is 28.8 Å². The predicted octanol–water partition coefficient (Wildman–Crippen LogP) is 0.753. The number of hydrogen-bond acceptors (Lipinski definition) is 4. The number of thiocarbonyl (C=S) groups is 1. The normalized spacial score (nSPS) is 10.8. The summed E-state index contributed by atoms with van der Waals surface area (Å²) in [4.78, 5) is 16.3. The maximum Gasteiger partial charge on any atom is 0.238 e. The van der Waals surface area contributed by atoms with Crippen LogP contribution in [0.5, 0.6) is 0 Å². The van der Waals surface area contributed by atoms with Crippen LogP contribution in [0.1, 0.15) is 5.56 Å². The lowest BCUT2D eigenvalue weighted by Crippen LogP contribution is -2.34. The lowest BCUT2D eigenvalue weighted by molar-refractivity contribution is -0.117. The Morgan fingerprint density at radius 1 is 1.20 bits per heavy atom. The first-order chi connectivity index (χ1) is 9.38. The number of hydrogen-bond donors (Lipinski definition) is 2. The summed E-state index contributed by atoms with van der Waals surface area (Å²) < 4.78 is 0. The molecule has 0 saturated carbocycles. The van der Waals surface area contributed by atoms with E-state index in [9.17, 15) is 4.79 Å². The van der Waals surface area contributed by atoms with Gasteiger partial charge in [0, 0.05) is 24.3 Å². The zero-order chi connectivity index (χ0) is 15.1. The fourth-order valence-electron chi connectivity index (χ4n) is 1.61. The molecule has 0 aliphatic rings. The summed E-state index contributed by atoms with van der Waals surface area (Å²) in [7, 11) is 5.95. The summed E-state index contributed by atoms with van der Waals surface area (Å²) in [6, 6.07) is 7.19. The third kappa shape index (κ3) is 6.10. The van der Waals surface area contributed by atoms with Gasteiger partial charge in [-0.2, -0.15) is 0 Å². The van der Waals surface area contributed by atoms with Crippen LogP contribution >= 0.6 is 12.2 Å². The molecule has 0 bridgehead atoms. The molecule has 110 valence electrons. The number of likely N-dealkylation sites (N-methyl/N-ethyl adjacent to an activating group) is 2. The lowest BCUT2D eigenvalue weighted by Gasteiger charge is -2.18. The van der Waals surface area contributed by atoms with Gasteiger partial charge in [0.25, 0.3) is 0 Å². The van der Waals surface area contributed by atoms with Gasteiger partial charge in [-0.25, -0.2) is 0 Å². The van der Waals surface area contributed by atoms with E-state index in [2.05, 4.69) is 10.2 Å². The van der Waals surface area contributed by atoms with E-state index in [1.807, 2.05) is 26.0 Å². The van der Waals surface area contributed by atoms with Crippen molar-refractivity contribution in [1.82, 2.24) is 9.80 Å². The van der Waals surface area contributed by atoms with Crippen LogP contribution in [0.15, 0.2) is 24.3 Å². The number of amides is 1. The number of rotatable bonds is 7. The highest BCUT2D eigenvalue weighted by Crippen LogP contribution is 2.09. The zero-order valence-corrected chi connectivity index (χ0v) is 13.0. The smallest absolute Gasteiger partial charge is 0.238 e. The van der Waals surface area contributed by atoms with E-state index in [1.165, 1.54) is 0 Å². The summed E-state index contributed by atoms with van der Waals surface area (Å²) in [5.74, 6) is -0.0330. The van der Waals surface area contributed by atoms with E-state index >= 15 is 0 Å². The molecular formula is C14H22N4OS. The summed E-state index contributed by atoms with van der Waals surface area (Å²) in [5.41, 5.74) is 7.06. The second-order valence-electron chi connectivity index (χ2n) is 5.03. The Kier molecular flexibility index (Phi) is 6.57. The molecule has 1 rings (SSSR count). The van der Waals surface area contributed by atoms with Crippen molar-refractivity contribution in [3.05, 3.63) is 29.8 Å². The molecule has 3 N–H and O–H groups in total. The van der Waals surface area contributed by atoms with Crippen LogP contribution in [0, 0.1) is 0 Å². The summed E-state index contributed by atoms with van der Waals surface area (Å²) in [6.07, 6.45) is 0. The quantitative estimate of drug-likeness (QED) is 0.727. The monoisotopic (exact) mass is 294 g/mol. The van der Waals surface area contributed by atoms with E-state index < -0.39 is 0 Å². The Morgan fingerprint density at radius 2 is 1.80 bits per heavy atom. The molecule has 0 saturated heterocycles. The minimum absolute atomic E-state index is 0.0330. The van der Waals surface area contributed by atoms with Crippen molar-refractivity contribution in [1.29, 1.82) is 0 Å². The zero-order valence-electron chi connectivity index (χ0n) is 12.2. The number of nitrogens with two attached hydrogens (primary N) is 1. The lowest BCUT2D eigenvalue weighted by atomic mass is 10.2. The largest absolute Gasteiger partial charge is 0.389 e. The van der Waals surface area contributed by atoms with E-state index in [1.54, 1.807) is 24.3 Å². The van der Waals surface area contributed by atoms with E-state index in [4.69, 9.17) is 18.0 Å². The van der Waals surface area contributed by atoms with Crippen LogP contribution in [0.2, 0.25) is 0 Å². The van der Waals surface area contributed by atoms with Gasteiger partial charge < -0.3 is 16.0 Å². The number of benzene rings is 1. The second kappa shape index (κ2) is 7.94. The number of carbonyl (C=O) groups excluding carboxylic acids is 1. The third-order valence-corrected chi connectivity index (χ3v) is 3.03. The minimum atomic E-state index is -0.0330. The van der Waals surface area contributed by atoms with Gasteiger partial charge >= 0.3 is 0 Å². The Balaban J connectivity index is 2.43. The van der Waals surface area contributed by atoms with Crippen molar-refractivity contribution in [2.45, 2.75) is 0 Å². The standard InChI is InChI=1S/C14H22N4OS/c1-17(2)8-9-18(3)10-13(19)16-12-6-4-11(5-7-12)14(15)20/h4-7H,8-10H2,1-3H3,(H2,15,20)(H,16,19). The van der Waals surface area contributed by atoms with Gasteiger partial charge in [-0.05, 0) is 45.4 Å². The van der Waals surface area contributed by atoms with Crippen LogP contribution in [-0.2, 0) is 4.79 Å². The van der Waals surface area contributed by atoms with Crippen LogP contribution < -0.4 is 11.1 Å². The molecule has 0 spiro atoms. The molecular weight excluding hydrogens is 272 g/mol. The number of nitrogens with one attached hydrogen (secondary N) is 1. The molecule has 1 amide bonds. The van der Waals surface area contributed by atoms with E-state index in [-0.39, 0.29) is 5.91 Å². The van der Waals surface area contributed by atoms with Crippen LogP contribution in [0.4, 0.5) is 5.69 Å². The number of nitrogens with zero attached hydrogens (tertiary/aromatic N) is 2. The van der Waals surface area contributed by atoms with Crippen molar-refractivity contribution < 1.29 is 4.79 Å². The summed E-state index contributed by atoms with van der Waals surface area (Å²) in [6.45, 7) is 2.14. The minimum Gasteiger partial charge on any atom is -0.389 e. The van der Waals surface area contributed by atoms with Gasteiger partial charge in [0.05, 0.1) is 6.54 Å². The summed E-state index contributed by atoms with van der Waals surface area (Å²) in [5, 5.41) is 2.85. The predicted molar refractivity (Wildman–Crippen MR) is 87.0 cm³/mol. The first kappa shape index (κ1) is 16.6. The molecule has 0 heterocycles. The SMILES string of the molecule is CN(C)CCN(C)CC(=O)Nc1ccc(C(N)=S)cc1. The first-order valence-electron chi connectivity index (χ1n) is 6.41. The highest BCUT2D eigenvalue weighted by atomic mass is 32.1. The van der Waals surface area contributed by atoms with Gasteiger partial charge in [0.15, 0.2) is 0 Å². The Morgan fingerprint density at radius 3 is 2.30 bits per heavy atom. The molecule has 0 fully saturated rings. The fourth-order valence-corrected chi connectivity index (χ4v) is 1.75. The average molecular weight is 294 g/mol. The van der Waals surface area contributed by atoms with Crippen LogP contribution in [0.3, 0.4) is 0 Å².